The first-order chi connectivity index (χ1) is 9.97. The summed E-state index contributed by atoms with van der Waals surface area (Å²) in [6.07, 6.45) is 3.56. The van der Waals surface area contributed by atoms with Crippen LogP contribution in [0.3, 0.4) is 0 Å². The van der Waals surface area contributed by atoms with Gasteiger partial charge in [0, 0.05) is 12.6 Å². The summed E-state index contributed by atoms with van der Waals surface area (Å²) in [4.78, 5) is 0. The van der Waals surface area contributed by atoms with Crippen molar-refractivity contribution in [3.8, 4) is 0 Å². The summed E-state index contributed by atoms with van der Waals surface area (Å²) in [7, 11) is 0. The summed E-state index contributed by atoms with van der Waals surface area (Å²) in [6, 6.07) is 5.87. The number of rotatable bonds is 4. The zero-order valence-corrected chi connectivity index (χ0v) is 12.5. The molecule has 1 saturated carbocycles. The normalized spacial score (nSPS) is 19.2. The Morgan fingerprint density at radius 3 is 2.14 bits per heavy atom. The average molecular weight is 299 g/mol. The molecule has 0 aliphatic heterocycles. The standard InChI is InChI=1S/C17H24F3N/c1-13(15-6-4-2-3-5-7-15)21-12-14-8-10-16(11-9-14)17(18,19)20/h8-11,13,15,21H,2-7,12H2,1H3/t13-/m0/s1. The fourth-order valence-corrected chi connectivity index (χ4v) is 3.07. The molecule has 0 amide bonds. The molecule has 2 rings (SSSR count). The van der Waals surface area contributed by atoms with E-state index in [4.69, 9.17) is 0 Å². The fraction of sp³-hybridized carbons (Fsp3) is 0.647. The first kappa shape index (κ1) is 16.3. The van der Waals surface area contributed by atoms with Gasteiger partial charge in [0.15, 0.2) is 0 Å². The molecule has 0 bridgehead atoms. The smallest absolute Gasteiger partial charge is 0.310 e. The van der Waals surface area contributed by atoms with Crippen LogP contribution in [0.1, 0.15) is 56.6 Å². The highest BCUT2D eigenvalue weighted by atomic mass is 19.4. The van der Waals surface area contributed by atoms with E-state index in [0.717, 1.165) is 17.7 Å². The molecule has 0 unspecified atom stereocenters. The van der Waals surface area contributed by atoms with Gasteiger partial charge in [-0.1, -0.05) is 37.8 Å². The molecule has 4 heteroatoms. The van der Waals surface area contributed by atoms with Crippen LogP contribution in [0.4, 0.5) is 13.2 Å². The predicted octanol–water partition coefficient (Wildman–Crippen LogP) is 5.15. The Kier molecular flexibility index (Phi) is 5.68. The highest BCUT2D eigenvalue weighted by Gasteiger charge is 2.29. The number of hydrogen-bond donors (Lipinski definition) is 1. The molecule has 1 aliphatic rings. The molecule has 118 valence electrons. The van der Waals surface area contributed by atoms with Crippen LogP contribution in [0.5, 0.6) is 0 Å². The lowest BCUT2D eigenvalue weighted by Gasteiger charge is -2.23. The summed E-state index contributed by atoms with van der Waals surface area (Å²) >= 11 is 0. The molecular formula is C17H24F3N. The third-order valence-corrected chi connectivity index (χ3v) is 4.52. The van der Waals surface area contributed by atoms with Gasteiger partial charge in [-0.3, -0.25) is 0 Å². The van der Waals surface area contributed by atoms with Crippen LogP contribution in [-0.2, 0) is 12.7 Å². The third kappa shape index (κ3) is 5.03. The van der Waals surface area contributed by atoms with E-state index in [9.17, 15) is 13.2 Å². The minimum Gasteiger partial charge on any atom is -0.310 e. The van der Waals surface area contributed by atoms with Crippen molar-refractivity contribution in [1.82, 2.24) is 5.32 Å². The Bertz CT molecular complexity index is 417. The highest BCUT2D eigenvalue weighted by molar-refractivity contribution is 5.24. The summed E-state index contributed by atoms with van der Waals surface area (Å²) in [5.41, 5.74) is 0.325. The second kappa shape index (κ2) is 7.30. The van der Waals surface area contributed by atoms with Gasteiger partial charge in [0.25, 0.3) is 0 Å². The molecule has 0 heterocycles. The van der Waals surface area contributed by atoms with Crippen molar-refractivity contribution < 1.29 is 13.2 Å². The van der Waals surface area contributed by atoms with E-state index in [2.05, 4.69) is 12.2 Å². The number of benzene rings is 1. The van der Waals surface area contributed by atoms with Crippen molar-refractivity contribution in [1.29, 1.82) is 0 Å². The Hall–Kier alpha value is -1.03. The number of halogens is 3. The molecule has 0 radical (unpaired) electrons. The second-order valence-electron chi connectivity index (χ2n) is 6.12. The average Bonchev–Trinajstić information content (AvgIpc) is 2.73. The molecule has 1 aliphatic carbocycles. The maximum Gasteiger partial charge on any atom is 0.416 e. The minimum absolute atomic E-state index is 0.422. The van der Waals surface area contributed by atoms with Gasteiger partial charge in [0.1, 0.15) is 0 Å². The summed E-state index contributed by atoms with van der Waals surface area (Å²) in [5.74, 6) is 0.696. The second-order valence-corrected chi connectivity index (χ2v) is 6.12. The number of nitrogens with one attached hydrogen (secondary N) is 1. The number of alkyl halides is 3. The highest BCUT2D eigenvalue weighted by Crippen LogP contribution is 2.29. The zero-order valence-electron chi connectivity index (χ0n) is 12.5. The van der Waals surface area contributed by atoms with E-state index in [-0.39, 0.29) is 0 Å². The fourth-order valence-electron chi connectivity index (χ4n) is 3.07. The lowest BCUT2D eigenvalue weighted by atomic mass is 9.93. The van der Waals surface area contributed by atoms with Gasteiger partial charge < -0.3 is 5.32 Å². The van der Waals surface area contributed by atoms with Crippen LogP contribution in [0.2, 0.25) is 0 Å². The van der Waals surface area contributed by atoms with Crippen molar-refractivity contribution in [3.63, 3.8) is 0 Å². The van der Waals surface area contributed by atoms with Crippen LogP contribution in [-0.4, -0.2) is 6.04 Å². The van der Waals surface area contributed by atoms with Crippen LogP contribution < -0.4 is 5.32 Å². The van der Waals surface area contributed by atoms with Crippen molar-refractivity contribution in [3.05, 3.63) is 35.4 Å². The van der Waals surface area contributed by atoms with E-state index in [1.807, 2.05) is 0 Å². The van der Waals surface area contributed by atoms with Gasteiger partial charge in [0.2, 0.25) is 0 Å². The molecule has 1 fully saturated rings. The van der Waals surface area contributed by atoms with E-state index < -0.39 is 11.7 Å². The van der Waals surface area contributed by atoms with E-state index in [0.29, 0.717) is 18.5 Å². The molecular weight excluding hydrogens is 275 g/mol. The molecule has 0 aromatic heterocycles. The van der Waals surface area contributed by atoms with Crippen LogP contribution in [0.25, 0.3) is 0 Å². The molecule has 0 spiro atoms. The van der Waals surface area contributed by atoms with E-state index >= 15 is 0 Å². The third-order valence-electron chi connectivity index (χ3n) is 4.52. The molecule has 1 atom stereocenters. The quantitative estimate of drug-likeness (QED) is 0.758. The molecule has 1 nitrogen and oxygen atoms in total. The topological polar surface area (TPSA) is 12.0 Å². The molecule has 1 N–H and O–H groups in total. The summed E-state index contributed by atoms with van der Waals surface area (Å²) < 4.78 is 37.5. The summed E-state index contributed by atoms with van der Waals surface area (Å²) in [6.45, 7) is 2.83. The predicted molar refractivity (Wildman–Crippen MR) is 78.9 cm³/mol. The van der Waals surface area contributed by atoms with Gasteiger partial charge in [-0.15, -0.1) is 0 Å². The van der Waals surface area contributed by atoms with Crippen molar-refractivity contribution in [2.24, 2.45) is 5.92 Å². The Balaban J connectivity index is 1.84. The van der Waals surface area contributed by atoms with Crippen LogP contribution in [0, 0.1) is 5.92 Å². The van der Waals surface area contributed by atoms with Gasteiger partial charge in [-0.25, -0.2) is 0 Å². The first-order valence-corrected chi connectivity index (χ1v) is 7.86. The molecule has 1 aromatic rings. The Morgan fingerprint density at radius 1 is 1.05 bits per heavy atom. The minimum atomic E-state index is -4.25. The molecule has 21 heavy (non-hydrogen) atoms. The maximum absolute atomic E-state index is 12.5. The largest absolute Gasteiger partial charge is 0.416 e. The lowest BCUT2D eigenvalue weighted by Crippen LogP contribution is -2.32. The number of hydrogen-bond acceptors (Lipinski definition) is 1. The van der Waals surface area contributed by atoms with E-state index in [1.54, 1.807) is 12.1 Å². The lowest BCUT2D eigenvalue weighted by molar-refractivity contribution is -0.137. The Labute approximate surface area is 124 Å². The van der Waals surface area contributed by atoms with Crippen molar-refractivity contribution in [2.75, 3.05) is 0 Å². The first-order valence-electron chi connectivity index (χ1n) is 7.86. The van der Waals surface area contributed by atoms with Gasteiger partial charge in [0.05, 0.1) is 5.56 Å². The van der Waals surface area contributed by atoms with Gasteiger partial charge in [-0.05, 0) is 43.4 Å². The van der Waals surface area contributed by atoms with E-state index in [1.165, 1.54) is 38.5 Å². The monoisotopic (exact) mass is 299 g/mol. The SMILES string of the molecule is C[C@H](NCc1ccc(C(F)(F)F)cc1)C1CCCCCC1. The van der Waals surface area contributed by atoms with Gasteiger partial charge >= 0.3 is 6.18 Å². The van der Waals surface area contributed by atoms with Crippen LogP contribution in [0.15, 0.2) is 24.3 Å². The van der Waals surface area contributed by atoms with Crippen LogP contribution >= 0.6 is 0 Å². The summed E-state index contributed by atoms with van der Waals surface area (Å²) in [5, 5.41) is 3.47. The molecule has 1 aromatic carbocycles. The Morgan fingerprint density at radius 2 is 1.62 bits per heavy atom. The maximum atomic E-state index is 12.5. The van der Waals surface area contributed by atoms with Crippen molar-refractivity contribution in [2.45, 2.75) is 64.2 Å². The van der Waals surface area contributed by atoms with Crippen molar-refractivity contribution >= 4 is 0 Å². The zero-order chi connectivity index (χ0) is 15.3. The molecule has 0 saturated heterocycles. The van der Waals surface area contributed by atoms with Gasteiger partial charge in [-0.2, -0.15) is 13.2 Å².